The lowest BCUT2D eigenvalue weighted by Gasteiger charge is -2.34. The van der Waals surface area contributed by atoms with Crippen LogP contribution >= 0.6 is 15.9 Å². The lowest BCUT2D eigenvalue weighted by molar-refractivity contribution is -0.140. The molecule has 130 valence electrons. The highest BCUT2D eigenvalue weighted by molar-refractivity contribution is 9.10. The molecule has 1 saturated carbocycles. The summed E-state index contributed by atoms with van der Waals surface area (Å²) in [5.74, 6) is -1.31. The number of piperidine rings is 1. The Kier molecular flexibility index (Phi) is 4.69. The average molecular weight is 398 g/mol. The van der Waals surface area contributed by atoms with Gasteiger partial charge in [-0.2, -0.15) is 0 Å². The van der Waals surface area contributed by atoms with Crippen molar-refractivity contribution in [2.24, 2.45) is 17.3 Å². The zero-order valence-corrected chi connectivity index (χ0v) is 15.2. The van der Waals surface area contributed by atoms with Crippen molar-refractivity contribution in [2.75, 3.05) is 13.1 Å². The van der Waals surface area contributed by atoms with Gasteiger partial charge in [0.25, 0.3) is 0 Å². The van der Waals surface area contributed by atoms with Gasteiger partial charge in [0.1, 0.15) is 5.82 Å². The van der Waals surface area contributed by atoms with Crippen LogP contribution in [0, 0.1) is 23.1 Å². The van der Waals surface area contributed by atoms with Crippen molar-refractivity contribution in [1.29, 1.82) is 0 Å². The van der Waals surface area contributed by atoms with Gasteiger partial charge >= 0.3 is 5.97 Å². The fraction of sp³-hybridized carbons (Fsp3) is 0.556. The van der Waals surface area contributed by atoms with Gasteiger partial charge in [0.05, 0.1) is 10.4 Å². The Hall–Kier alpha value is -1.43. The Labute approximate surface area is 149 Å². The van der Waals surface area contributed by atoms with E-state index in [2.05, 4.69) is 15.9 Å². The minimum atomic E-state index is -0.704. The summed E-state index contributed by atoms with van der Waals surface area (Å²) in [5, 5.41) is 9.13. The van der Waals surface area contributed by atoms with Gasteiger partial charge in [-0.05, 0) is 64.7 Å². The monoisotopic (exact) mass is 397 g/mol. The van der Waals surface area contributed by atoms with Crippen molar-refractivity contribution in [2.45, 2.75) is 32.6 Å². The summed E-state index contributed by atoms with van der Waals surface area (Å²) < 4.78 is 13.7. The van der Waals surface area contributed by atoms with Crippen LogP contribution in [0.1, 0.15) is 31.7 Å². The third-order valence-corrected chi connectivity index (χ3v) is 6.11. The largest absolute Gasteiger partial charge is 0.481 e. The highest BCUT2D eigenvalue weighted by Crippen LogP contribution is 2.59. The van der Waals surface area contributed by atoms with Crippen LogP contribution in [0.4, 0.5) is 4.39 Å². The number of likely N-dealkylation sites (tertiary alicyclic amines) is 1. The van der Waals surface area contributed by atoms with E-state index in [1.165, 1.54) is 6.07 Å². The second kappa shape index (κ2) is 6.47. The molecule has 6 heteroatoms. The molecule has 1 aromatic carbocycles. The Morgan fingerprint density at radius 3 is 2.62 bits per heavy atom. The molecule has 1 spiro atoms. The van der Waals surface area contributed by atoms with Gasteiger partial charge in [-0.15, -0.1) is 0 Å². The first-order valence-corrected chi connectivity index (χ1v) is 9.07. The number of nitrogens with zero attached hydrogens (tertiary/aromatic N) is 1. The minimum absolute atomic E-state index is 0.0618. The van der Waals surface area contributed by atoms with Gasteiger partial charge in [0, 0.05) is 19.0 Å². The smallest absolute Gasteiger partial charge is 0.307 e. The van der Waals surface area contributed by atoms with Crippen molar-refractivity contribution >= 4 is 27.8 Å². The number of halogens is 2. The lowest BCUT2D eigenvalue weighted by Crippen LogP contribution is -2.42. The number of hydrogen-bond acceptors (Lipinski definition) is 2. The van der Waals surface area contributed by atoms with Crippen LogP contribution in [0.2, 0.25) is 0 Å². The molecular formula is C18H21BrFNO3. The summed E-state index contributed by atoms with van der Waals surface area (Å²) in [6, 6.07) is 4.82. The summed E-state index contributed by atoms with van der Waals surface area (Å²) in [7, 11) is 0. The molecule has 1 aliphatic heterocycles. The van der Waals surface area contributed by atoms with Crippen molar-refractivity contribution < 1.29 is 19.1 Å². The maximum Gasteiger partial charge on any atom is 0.307 e. The predicted octanol–water partition coefficient (Wildman–Crippen LogP) is 3.48. The second-order valence-electron chi connectivity index (χ2n) is 7.14. The Bertz CT molecular complexity index is 670. The summed E-state index contributed by atoms with van der Waals surface area (Å²) in [6.07, 6.45) is 2.88. The maximum absolute atomic E-state index is 13.3. The summed E-state index contributed by atoms with van der Waals surface area (Å²) in [4.78, 5) is 25.6. The quantitative estimate of drug-likeness (QED) is 0.845. The second-order valence-corrected chi connectivity index (χ2v) is 7.99. The topological polar surface area (TPSA) is 57.6 Å². The number of carboxylic acids is 1. The van der Waals surface area contributed by atoms with E-state index < -0.39 is 5.97 Å². The molecule has 1 aliphatic carbocycles. The fourth-order valence-corrected chi connectivity index (χ4v) is 4.27. The molecule has 4 nitrogen and oxygen atoms in total. The summed E-state index contributed by atoms with van der Waals surface area (Å²) in [5.41, 5.74) is 0.860. The van der Waals surface area contributed by atoms with E-state index in [-0.39, 0.29) is 29.0 Å². The normalized spacial score (nSPS) is 23.1. The molecule has 1 amide bonds. The SMILES string of the molecule is CC(Cc1ccc(F)c(Br)c1)C(=O)N1CCC2(CC1)CC2C(=O)O. The van der Waals surface area contributed by atoms with Crippen molar-refractivity contribution in [1.82, 2.24) is 4.90 Å². The van der Waals surface area contributed by atoms with Gasteiger partial charge in [-0.3, -0.25) is 9.59 Å². The molecule has 0 bridgehead atoms. The number of hydrogen-bond donors (Lipinski definition) is 1. The first-order chi connectivity index (χ1) is 11.3. The molecule has 2 unspecified atom stereocenters. The summed E-state index contributed by atoms with van der Waals surface area (Å²) >= 11 is 3.17. The number of benzene rings is 1. The van der Waals surface area contributed by atoms with E-state index in [4.69, 9.17) is 5.11 Å². The van der Waals surface area contributed by atoms with E-state index in [1.807, 2.05) is 11.8 Å². The van der Waals surface area contributed by atoms with Crippen LogP contribution in [0.5, 0.6) is 0 Å². The van der Waals surface area contributed by atoms with Crippen LogP contribution < -0.4 is 0 Å². The molecule has 2 atom stereocenters. The number of carboxylic acid groups (broad SMARTS) is 1. The van der Waals surface area contributed by atoms with E-state index in [0.29, 0.717) is 24.0 Å². The summed E-state index contributed by atoms with van der Waals surface area (Å²) in [6.45, 7) is 3.17. The van der Waals surface area contributed by atoms with Crippen molar-refractivity contribution in [3.05, 3.63) is 34.1 Å². The maximum atomic E-state index is 13.3. The first-order valence-electron chi connectivity index (χ1n) is 8.28. The Balaban J connectivity index is 1.55. The number of carbonyl (C=O) groups is 2. The Morgan fingerprint density at radius 1 is 1.42 bits per heavy atom. The number of amides is 1. The van der Waals surface area contributed by atoms with Crippen LogP contribution in [-0.2, 0) is 16.0 Å². The molecular weight excluding hydrogens is 377 g/mol. The van der Waals surface area contributed by atoms with Gasteiger partial charge in [0.15, 0.2) is 0 Å². The standard InChI is InChI=1S/C18H21BrFNO3/c1-11(8-12-2-3-15(20)14(19)9-12)16(22)21-6-4-18(5-7-21)10-13(18)17(23)24/h2-3,9,11,13H,4-8,10H2,1H3,(H,23,24). The van der Waals surface area contributed by atoms with E-state index in [9.17, 15) is 14.0 Å². The Morgan fingerprint density at radius 2 is 2.08 bits per heavy atom. The molecule has 1 N–H and O–H groups in total. The number of carbonyl (C=O) groups excluding carboxylic acids is 1. The third kappa shape index (κ3) is 3.34. The third-order valence-electron chi connectivity index (χ3n) is 5.51. The van der Waals surface area contributed by atoms with Crippen LogP contribution in [0.25, 0.3) is 0 Å². The van der Waals surface area contributed by atoms with Gasteiger partial charge in [0.2, 0.25) is 5.91 Å². The molecule has 24 heavy (non-hydrogen) atoms. The fourth-order valence-electron chi connectivity index (χ4n) is 3.84. The van der Waals surface area contributed by atoms with Crippen LogP contribution in [-0.4, -0.2) is 35.0 Å². The van der Waals surface area contributed by atoms with Gasteiger partial charge in [-0.1, -0.05) is 13.0 Å². The predicted molar refractivity (Wildman–Crippen MR) is 91.0 cm³/mol. The molecule has 3 rings (SSSR count). The number of rotatable bonds is 4. The van der Waals surface area contributed by atoms with Gasteiger partial charge in [-0.25, -0.2) is 4.39 Å². The molecule has 2 fully saturated rings. The minimum Gasteiger partial charge on any atom is -0.481 e. The van der Waals surface area contributed by atoms with Crippen molar-refractivity contribution in [3.63, 3.8) is 0 Å². The molecule has 0 aromatic heterocycles. The first kappa shape index (κ1) is 17.4. The highest BCUT2D eigenvalue weighted by atomic mass is 79.9. The zero-order valence-electron chi connectivity index (χ0n) is 13.6. The van der Waals surface area contributed by atoms with Crippen LogP contribution in [0.15, 0.2) is 22.7 Å². The highest BCUT2D eigenvalue weighted by Gasteiger charge is 2.59. The van der Waals surface area contributed by atoms with Crippen molar-refractivity contribution in [3.8, 4) is 0 Å². The van der Waals surface area contributed by atoms with Crippen LogP contribution in [0.3, 0.4) is 0 Å². The molecule has 1 heterocycles. The molecule has 1 aromatic rings. The molecule has 0 radical (unpaired) electrons. The lowest BCUT2D eigenvalue weighted by atomic mass is 9.89. The van der Waals surface area contributed by atoms with E-state index in [1.54, 1.807) is 12.1 Å². The molecule has 2 aliphatic rings. The van der Waals surface area contributed by atoms with Gasteiger partial charge < -0.3 is 10.0 Å². The zero-order chi connectivity index (χ0) is 17.5. The average Bonchev–Trinajstić information content (AvgIpc) is 3.25. The van der Waals surface area contributed by atoms with E-state index in [0.717, 1.165) is 24.8 Å². The van der Waals surface area contributed by atoms with E-state index >= 15 is 0 Å². The number of aliphatic carboxylic acids is 1. The molecule has 1 saturated heterocycles.